The fraction of sp³-hybridized carbons (Fsp3) is 0.312. The summed E-state index contributed by atoms with van der Waals surface area (Å²) >= 11 is 0. The zero-order chi connectivity index (χ0) is 17.7. The van der Waals surface area contributed by atoms with Crippen LogP contribution in [0.3, 0.4) is 0 Å². The van der Waals surface area contributed by atoms with Crippen molar-refractivity contribution in [2.75, 3.05) is 17.2 Å². The maximum absolute atomic E-state index is 13.5. The first-order chi connectivity index (χ1) is 11.4. The number of halogens is 3. The number of hydrogen-bond acceptors (Lipinski definition) is 4. The number of amides is 1. The number of benzene rings is 1. The van der Waals surface area contributed by atoms with Gasteiger partial charge in [-0.2, -0.15) is 0 Å². The highest BCUT2D eigenvalue weighted by atomic mass is 19.2. The predicted octanol–water partition coefficient (Wildman–Crippen LogP) is 3.60. The second-order valence-electron chi connectivity index (χ2n) is 5.59. The number of anilines is 2. The zero-order valence-corrected chi connectivity index (χ0v) is 13.2. The van der Waals surface area contributed by atoms with Crippen LogP contribution in [0.25, 0.3) is 0 Å². The average Bonchev–Trinajstić information content (AvgIpc) is 2.55. The number of carbonyl (C=O) groups excluding carboxylic acids is 1. The van der Waals surface area contributed by atoms with Gasteiger partial charge in [-0.15, -0.1) is 10.2 Å². The minimum absolute atomic E-state index is 0.0754. The topological polar surface area (TPSA) is 66.9 Å². The minimum atomic E-state index is -1.65. The summed E-state index contributed by atoms with van der Waals surface area (Å²) in [6.45, 7) is 4.91. The first-order valence-electron chi connectivity index (χ1n) is 7.41. The molecule has 0 fully saturated rings. The Balaban J connectivity index is 2.01. The Labute approximate surface area is 137 Å². The Morgan fingerprint density at radius 1 is 1.08 bits per heavy atom. The van der Waals surface area contributed by atoms with Crippen molar-refractivity contribution in [1.82, 2.24) is 10.2 Å². The van der Waals surface area contributed by atoms with Crippen LogP contribution < -0.4 is 10.6 Å². The van der Waals surface area contributed by atoms with Crippen molar-refractivity contribution in [2.45, 2.75) is 20.3 Å². The molecule has 0 aliphatic carbocycles. The molecule has 128 valence electrons. The van der Waals surface area contributed by atoms with Gasteiger partial charge < -0.3 is 10.6 Å². The second kappa shape index (κ2) is 7.76. The molecule has 1 aromatic heterocycles. The monoisotopic (exact) mass is 338 g/mol. The van der Waals surface area contributed by atoms with Crippen LogP contribution in [0.5, 0.6) is 0 Å². The molecule has 0 radical (unpaired) electrons. The highest BCUT2D eigenvalue weighted by molar-refractivity contribution is 6.02. The minimum Gasteiger partial charge on any atom is -0.369 e. The van der Waals surface area contributed by atoms with Crippen LogP contribution in [0.1, 0.15) is 30.8 Å². The van der Waals surface area contributed by atoms with Crippen molar-refractivity contribution in [2.24, 2.45) is 5.92 Å². The summed E-state index contributed by atoms with van der Waals surface area (Å²) in [5, 5.41) is 12.8. The Bertz CT molecular complexity index is 720. The van der Waals surface area contributed by atoms with Gasteiger partial charge in [-0.1, -0.05) is 13.8 Å². The van der Waals surface area contributed by atoms with E-state index >= 15 is 0 Å². The molecule has 2 aromatic rings. The fourth-order valence-electron chi connectivity index (χ4n) is 1.85. The summed E-state index contributed by atoms with van der Waals surface area (Å²) in [5.41, 5.74) is -0.548. The van der Waals surface area contributed by atoms with Crippen molar-refractivity contribution in [3.05, 3.63) is 47.4 Å². The van der Waals surface area contributed by atoms with Gasteiger partial charge in [0.2, 0.25) is 0 Å². The molecule has 0 aliphatic heterocycles. The highest BCUT2D eigenvalue weighted by Crippen LogP contribution is 2.20. The summed E-state index contributed by atoms with van der Waals surface area (Å²) in [5.74, 6) is -4.18. The van der Waals surface area contributed by atoms with Crippen molar-refractivity contribution >= 4 is 17.4 Å². The summed E-state index contributed by atoms with van der Waals surface area (Å²) in [4.78, 5) is 12.0. The molecule has 0 unspecified atom stereocenters. The van der Waals surface area contributed by atoms with E-state index in [0.29, 0.717) is 11.7 Å². The number of nitrogens with zero attached hydrogens (tertiary/aromatic N) is 2. The van der Waals surface area contributed by atoms with Crippen molar-refractivity contribution in [1.29, 1.82) is 0 Å². The zero-order valence-electron chi connectivity index (χ0n) is 13.2. The molecule has 24 heavy (non-hydrogen) atoms. The Kier molecular flexibility index (Phi) is 5.73. The molecule has 0 aliphatic rings. The van der Waals surface area contributed by atoms with Crippen LogP contribution in [0.2, 0.25) is 0 Å². The van der Waals surface area contributed by atoms with Crippen LogP contribution in [0, 0.1) is 23.4 Å². The standard InChI is InChI=1S/C16H17F3N4O/c1-9(2)7-8-20-13-6-5-12(22-23-13)16(24)21-11-4-3-10(17)14(18)15(11)19/h3-6,9H,7-8H2,1-2H3,(H,20,23)(H,21,24). The van der Waals surface area contributed by atoms with Crippen molar-refractivity contribution in [3.63, 3.8) is 0 Å². The molecule has 1 heterocycles. The molecule has 2 rings (SSSR count). The Morgan fingerprint density at radius 3 is 2.46 bits per heavy atom. The van der Waals surface area contributed by atoms with E-state index in [-0.39, 0.29) is 5.69 Å². The van der Waals surface area contributed by atoms with E-state index in [1.807, 2.05) is 0 Å². The lowest BCUT2D eigenvalue weighted by molar-refractivity contribution is 0.102. The van der Waals surface area contributed by atoms with E-state index in [4.69, 9.17) is 0 Å². The lowest BCUT2D eigenvalue weighted by atomic mass is 10.1. The molecule has 0 saturated heterocycles. The van der Waals surface area contributed by atoms with E-state index in [2.05, 4.69) is 34.7 Å². The molecule has 0 spiro atoms. The maximum atomic E-state index is 13.5. The van der Waals surface area contributed by atoms with Gasteiger partial charge in [0.15, 0.2) is 23.1 Å². The Hall–Kier alpha value is -2.64. The lowest BCUT2D eigenvalue weighted by Crippen LogP contribution is -2.16. The van der Waals surface area contributed by atoms with Crippen molar-refractivity contribution < 1.29 is 18.0 Å². The second-order valence-corrected chi connectivity index (χ2v) is 5.59. The van der Waals surface area contributed by atoms with Gasteiger partial charge in [0.25, 0.3) is 5.91 Å². The molecular weight excluding hydrogens is 321 g/mol. The van der Waals surface area contributed by atoms with Gasteiger partial charge in [0.05, 0.1) is 5.69 Å². The lowest BCUT2D eigenvalue weighted by Gasteiger charge is -2.08. The van der Waals surface area contributed by atoms with Gasteiger partial charge in [0, 0.05) is 6.54 Å². The molecule has 8 heteroatoms. The van der Waals surface area contributed by atoms with Gasteiger partial charge in [-0.3, -0.25) is 4.79 Å². The number of rotatable bonds is 6. The van der Waals surface area contributed by atoms with E-state index in [1.165, 1.54) is 6.07 Å². The number of hydrogen-bond donors (Lipinski definition) is 2. The molecular formula is C16H17F3N4O. The molecule has 1 amide bonds. The van der Waals surface area contributed by atoms with Crippen molar-refractivity contribution in [3.8, 4) is 0 Å². The first-order valence-corrected chi connectivity index (χ1v) is 7.41. The van der Waals surface area contributed by atoms with E-state index < -0.39 is 29.0 Å². The quantitative estimate of drug-likeness (QED) is 0.790. The smallest absolute Gasteiger partial charge is 0.276 e. The van der Waals surface area contributed by atoms with Crippen LogP contribution in [0.4, 0.5) is 24.7 Å². The summed E-state index contributed by atoms with van der Waals surface area (Å²) in [6, 6.07) is 4.62. The number of carbonyl (C=O) groups is 1. The number of nitrogens with one attached hydrogen (secondary N) is 2. The highest BCUT2D eigenvalue weighted by Gasteiger charge is 2.16. The predicted molar refractivity (Wildman–Crippen MR) is 84.2 cm³/mol. The van der Waals surface area contributed by atoms with Gasteiger partial charge >= 0.3 is 0 Å². The third-order valence-corrected chi connectivity index (χ3v) is 3.21. The van der Waals surface area contributed by atoms with Crippen LogP contribution in [-0.4, -0.2) is 22.6 Å². The molecule has 5 nitrogen and oxygen atoms in total. The number of aromatic nitrogens is 2. The molecule has 0 bridgehead atoms. The largest absolute Gasteiger partial charge is 0.369 e. The molecule has 0 atom stereocenters. The molecule has 0 saturated carbocycles. The summed E-state index contributed by atoms with van der Waals surface area (Å²) in [6.07, 6.45) is 0.958. The fourth-order valence-corrected chi connectivity index (χ4v) is 1.85. The van der Waals surface area contributed by atoms with Gasteiger partial charge in [0.1, 0.15) is 5.82 Å². The van der Waals surface area contributed by atoms with Crippen LogP contribution >= 0.6 is 0 Å². The Morgan fingerprint density at radius 2 is 1.83 bits per heavy atom. The van der Waals surface area contributed by atoms with Crippen LogP contribution in [-0.2, 0) is 0 Å². The van der Waals surface area contributed by atoms with Crippen LogP contribution in [0.15, 0.2) is 24.3 Å². The SMILES string of the molecule is CC(C)CCNc1ccc(C(=O)Nc2ccc(F)c(F)c2F)nn1. The first kappa shape index (κ1) is 17.7. The van der Waals surface area contributed by atoms with Gasteiger partial charge in [-0.05, 0) is 36.6 Å². The van der Waals surface area contributed by atoms with E-state index in [1.54, 1.807) is 6.07 Å². The molecule has 1 aromatic carbocycles. The van der Waals surface area contributed by atoms with Gasteiger partial charge in [-0.25, -0.2) is 13.2 Å². The normalized spacial score (nSPS) is 10.8. The third-order valence-electron chi connectivity index (χ3n) is 3.21. The average molecular weight is 338 g/mol. The van der Waals surface area contributed by atoms with E-state index in [0.717, 1.165) is 25.1 Å². The van der Waals surface area contributed by atoms with E-state index in [9.17, 15) is 18.0 Å². The summed E-state index contributed by atoms with van der Waals surface area (Å²) in [7, 11) is 0. The summed E-state index contributed by atoms with van der Waals surface area (Å²) < 4.78 is 39.5. The molecule has 2 N–H and O–H groups in total. The third kappa shape index (κ3) is 4.43. The maximum Gasteiger partial charge on any atom is 0.276 e.